The lowest BCUT2D eigenvalue weighted by atomic mass is 9.82. The maximum Gasteiger partial charge on any atom is 0.228 e. The van der Waals surface area contributed by atoms with E-state index in [2.05, 4.69) is 0 Å². The zero-order valence-corrected chi connectivity index (χ0v) is 14.4. The van der Waals surface area contributed by atoms with Gasteiger partial charge < -0.3 is 19.3 Å². The molecule has 1 spiro atoms. The number of hydrogen-bond donors (Lipinski definition) is 0. The molecule has 0 aromatic rings. The molecule has 6 heteroatoms. The van der Waals surface area contributed by atoms with Crippen LogP contribution in [0.25, 0.3) is 0 Å². The van der Waals surface area contributed by atoms with Crippen LogP contribution in [-0.4, -0.2) is 73.2 Å². The van der Waals surface area contributed by atoms with E-state index in [1.54, 1.807) is 0 Å². The van der Waals surface area contributed by atoms with Crippen molar-refractivity contribution in [2.75, 3.05) is 46.0 Å². The maximum absolute atomic E-state index is 12.4. The average Bonchev–Trinajstić information content (AvgIpc) is 3.10. The SMILES string of the molecule is O=C1CCCCN1C[C@H]1CCC2(CN(C(=O)[C@@H]3CCOC3)C2)OC1. The molecule has 4 heterocycles. The van der Waals surface area contributed by atoms with Gasteiger partial charge in [0, 0.05) is 32.0 Å². The van der Waals surface area contributed by atoms with Crippen molar-refractivity contribution >= 4 is 11.8 Å². The Hall–Kier alpha value is -1.14. The molecule has 4 aliphatic rings. The largest absolute Gasteiger partial charge is 0.381 e. The van der Waals surface area contributed by atoms with Crippen molar-refractivity contribution in [1.82, 2.24) is 9.80 Å². The predicted octanol–water partition coefficient (Wildman–Crippen LogP) is 1.04. The van der Waals surface area contributed by atoms with Gasteiger partial charge in [-0.25, -0.2) is 0 Å². The highest BCUT2D eigenvalue weighted by Gasteiger charge is 2.49. The fourth-order valence-electron chi connectivity index (χ4n) is 4.47. The van der Waals surface area contributed by atoms with Crippen LogP contribution in [0.2, 0.25) is 0 Å². The van der Waals surface area contributed by atoms with E-state index in [0.717, 1.165) is 64.9 Å². The van der Waals surface area contributed by atoms with Gasteiger partial charge in [-0.3, -0.25) is 9.59 Å². The van der Waals surface area contributed by atoms with E-state index in [1.165, 1.54) is 0 Å². The third-order valence-corrected chi connectivity index (χ3v) is 6.08. The number of rotatable bonds is 3. The average molecular weight is 336 g/mol. The molecule has 2 amide bonds. The van der Waals surface area contributed by atoms with Gasteiger partial charge in [-0.05, 0) is 32.1 Å². The molecule has 4 aliphatic heterocycles. The van der Waals surface area contributed by atoms with Gasteiger partial charge >= 0.3 is 0 Å². The van der Waals surface area contributed by atoms with Crippen LogP contribution in [0.15, 0.2) is 0 Å². The Kier molecular flexibility index (Phi) is 4.52. The predicted molar refractivity (Wildman–Crippen MR) is 87.3 cm³/mol. The Labute approximate surface area is 143 Å². The Balaban J connectivity index is 1.22. The molecule has 24 heavy (non-hydrogen) atoms. The quantitative estimate of drug-likeness (QED) is 0.773. The molecule has 4 rings (SSSR count). The zero-order chi connectivity index (χ0) is 16.6. The van der Waals surface area contributed by atoms with Crippen LogP contribution < -0.4 is 0 Å². The first kappa shape index (κ1) is 16.3. The summed E-state index contributed by atoms with van der Waals surface area (Å²) in [5.74, 6) is 1.05. The fourth-order valence-corrected chi connectivity index (χ4v) is 4.47. The molecule has 4 fully saturated rings. The lowest BCUT2D eigenvalue weighted by molar-refractivity contribution is -0.192. The van der Waals surface area contributed by atoms with Crippen LogP contribution in [0.1, 0.15) is 38.5 Å². The second kappa shape index (κ2) is 6.64. The molecule has 0 aromatic heterocycles. The normalized spacial score (nSPS) is 32.9. The summed E-state index contributed by atoms with van der Waals surface area (Å²) in [4.78, 5) is 28.3. The fraction of sp³-hybridized carbons (Fsp3) is 0.889. The summed E-state index contributed by atoms with van der Waals surface area (Å²) < 4.78 is 11.5. The molecular weight excluding hydrogens is 308 g/mol. The zero-order valence-electron chi connectivity index (χ0n) is 14.4. The number of carbonyl (C=O) groups excluding carboxylic acids is 2. The highest BCUT2D eigenvalue weighted by atomic mass is 16.5. The molecule has 2 atom stereocenters. The Morgan fingerprint density at radius 3 is 2.75 bits per heavy atom. The molecule has 0 aromatic carbocycles. The molecule has 0 radical (unpaired) electrons. The summed E-state index contributed by atoms with van der Waals surface area (Å²) in [7, 11) is 0. The van der Waals surface area contributed by atoms with Gasteiger partial charge in [0.1, 0.15) is 5.60 Å². The van der Waals surface area contributed by atoms with E-state index >= 15 is 0 Å². The number of nitrogens with zero attached hydrogens (tertiary/aromatic N) is 2. The molecular formula is C18H28N2O4. The lowest BCUT2D eigenvalue weighted by Crippen LogP contribution is -2.67. The lowest BCUT2D eigenvalue weighted by Gasteiger charge is -2.53. The van der Waals surface area contributed by atoms with Crippen molar-refractivity contribution in [1.29, 1.82) is 0 Å². The summed E-state index contributed by atoms with van der Waals surface area (Å²) in [5.41, 5.74) is -0.114. The highest BCUT2D eigenvalue weighted by molar-refractivity contribution is 5.80. The van der Waals surface area contributed by atoms with Gasteiger partial charge in [0.25, 0.3) is 0 Å². The van der Waals surface area contributed by atoms with E-state index in [9.17, 15) is 9.59 Å². The molecule has 0 unspecified atom stereocenters. The van der Waals surface area contributed by atoms with Gasteiger partial charge in [-0.1, -0.05) is 0 Å². The Morgan fingerprint density at radius 2 is 2.08 bits per heavy atom. The first-order valence-electron chi connectivity index (χ1n) is 9.43. The van der Waals surface area contributed by atoms with E-state index < -0.39 is 0 Å². The van der Waals surface area contributed by atoms with Crippen LogP contribution in [0.3, 0.4) is 0 Å². The van der Waals surface area contributed by atoms with Crippen LogP contribution in [0, 0.1) is 11.8 Å². The summed E-state index contributed by atoms with van der Waals surface area (Å²) in [5, 5.41) is 0. The van der Waals surface area contributed by atoms with E-state index in [-0.39, 0.29) is 17.4 Å². The summed E-state index contributed by atoms with van der Waals surface area (Å²) >= 11 is 0. The molecule has 0 N–H and O–H groups in total. The highest BCUT2D eigenvalue weighted by Crippen LogP contribution is 2.37. The van der Waals surface area contributed by atoms with Gasteiger partial charge in [-0.2, -0.15) is 0 Å². The second-order valence-electron chi connectivity index (χ2n) is 7.95. The van der Waals surface area contributed by atoms with Gasteiger partial charge in [-0.15, -0.1) is 0 Å². The number of amides is 2. The molecule has 6 nitrogen and oxygen atoms in total. The van der Waals surface area contributed by atoms with Gasteiger partial charge in [0.15, 0.2) is 0 Å². The van der Waals surface area contributed by atoms with Crippen molar-refractivity contribution in [3.05, 3.63) is 0 Å². The third kappa shape index (κ3) is 3.18. The molecule has 0 bridgehead atoms. The van der Waals surface area contributed by atoms with E-state index in [4.69, 9.17) is 9.47 Å². The van der Waals surface area contributed by atoms with E-state index in [1.807, 2.05) is 9.80 Å². The minimum Gasteiger partial charge on any atom is -0.381 e. The molecule has 0 aliphatic carbocycles. The van der Waals surface area contributed by atoms with Crippen molar-refractivity contribution < 1.29 is 19.1 Å². The number of hydrogen-bond acceptors (Lipinski definition) is 4. The van der Waals surface area contributed by atoms with Crippen LogP contribution in [0.4, 0.5) is 0 Å². The number of likely N-dealkylation sites (tertiary alicyclic amines) is 2. The number of ether oxygens (including phenoxy) is 2. The van der Waals surface area contributed by atoms with Crippen molar-refractivity contribution in [3.63, 3.8) is 0 Å². The summed E-state index contributed by atoms with van der Waals surface area (Å²) in [6.07, 6.45) is 5.83. The van der Waals surface area contributed by atoms with Crippen molar-refractivity contribution in [3.8, 4) is 0 Å². The van der Waals surface area contributed by atoms with Gasteiger partial charge in [0.05, 0.1) is 32.2 Å². The van der Waals surface area contributed by atoms with Crippen LogP contribution in [-0.2, 0) is 19.1 Å². The summed E-state index contributed by atoms with van der Waals surface area (Å²) in [6, 6.07) is 0. The first-order valence-corrected chi connectivity index (χ1v) is 9.43. The van der Waals surface area contributed by atoms with Gasteiger partial charge in [0.2, 0.25) is 11.8 Å². The minimum atomic E-state index is -0.114. The number of carbonyl (C=O) groups is 2. The monoisotopic (exact) mass is 336 g/mol. The molecule has 4 saturated heterocycles. The Morgan fingerprint density at radius 1 is 1.21 bits per heavy atom. The van der Waals surface area contributed by atoms with Crippen molar-refractivity contribution in [2.24, 2.45) is 11.8 Å². The van der Waals surface area contributed by atoms with Crippen LogP contribution in [0.5, 0.6) is 0 Å². The smallest absolute Gasteiger partial charge is 0.228 e. The Bertz CT molecular complexity index is 487. The summed E-state index contributed by atoms with van der Waals surface area (Å²) in [6.45, 7) is 5.23. The van der Waals surface area contributed by atoms with E-state index in [0.29, 0.717) is 31.5 Å². The molecule has 0 saturated carbocycles. The van der Waals surface area contributed by atoms with Crippen molar-refractivity contribution in [2.45, 2.75) is 44.1 Å². The standard InChI is InChI=1S/C18H28N2O4/c21-16-3-1-2-7-19(16)9-14-4-6-18(24-10-14)12-20(13-18)17(22)15-5-8-23-11-15/h14-15H,1-13H2/t14-,15-/m1/s1. The minimum absolute atomic E-state index is 0.0591. The number of piperidine rings is 1. The van der Waals surface area contributed by atoms with Crippen LogP contribution >= 0.6 is 0 Å². The topological polar surface area (TPSA) is 59.1 Å². The first-order chi connectivity index (χ1) is 11.7. The second-order valence-corrected chi connectivity index (χ2v) is 7.95. The molecule has 134 valence electrons. The maximum atomic E-state index is 12.4. The third-order valence-electron chi connectivity index (χ3n) is 6.08.